The second kappa shape index (κ2) is 47.3. The van der Waals surface area contributed by atoms with Crippen molar-refractivity contribution in [3.05, 3.63) is 0 Å². The monoisotopic (exact) mass is 1090 g/mol. The summed E-state index contributed by atoms with van der Waals surface area (Å²) >= 11 is 0. The van der Waals surface area contributed by atoms with Gasteiger partial charge < -0.3 is 33.8 Å². The van der Waals surface area contributed by atoms with Crippen molar-refractivity contribution in [1.82, 2.24) is 0 Å². The van der Waals surface area contributed by atoms with E-state index in [1.54, 1.807) is 0 Å². The molecule has 0 saturated carbocycles. The molecular formula is C54H104O17P2. The molecule has 0 aliphatic rings. The van der Waals surface area contributed by atoms with E-state index >= 15 is 0 Å². The third-order valence-corrected chi connectivity index (χ3v) is 14.1. The Bertz CT molecular complexity index is 1460. The molecule has 2 unspecified atom stereocenters. The highest BCUT2D eigenvalue weighted by molar-refractivity contribution is 7.47. The van der Waals surface area contributed by atoms with Gasteiger partial charge in [-0.25, -0.2) is 9.13 Å². The molecule has 0 spiro atoms. The van der Waals surface area contributed by atoms with E-state index in [0.29, 0.717) is 37.5 Å². The highest BCUT2D eigenvalue weighted by atomic mass is 31.2. The van der Waals surface area contributed by atoms with E-state index in [2.05, 4.69) is 41.5 Å². The molecule has 0 aromatic carbocycles. The number of rotatable bonds is 53. The molecule has 0 aliphatic carbocycles. The summed E-state index contributed by atoms with van der Waals surface area (Å²) in [4.78, 5) is 71.4. The smallest absolute Gasteiger partial charge is 0.462 e. The summed E-state index contributed by atoms with van der Waals surface area (Å²) in [5.41, 5.74) is 0. The first-order valence-corrected chi connectivity index (χ1v) is 31.5. The number of aliphatic hydroxyl groups is 1. The van der Waals surface area contributed by atoms with Crippen LogP contribution < -0.4 is 0 Å². The van der Waals surface area contributed by atoms with Crippen LogP contribution in [0.1, 0.15) is 253 Å². The molecule has 3 N–H and O–H groups in total. The average molecular weight is 1090 g/mol. The van der Waals surface area contributed by atoms with Crippen LogP contribution in [0.25, 0.3) is 0 Å². The number of hydrogen-bond acceptors (Lipinski definition) is 15. The van der Waals surface area contributed by atoms with Crippen molar-refractivity contribution in [1.29, 1.82) is 0 Å². The Labute approximate surface area is 441 Å². The van der Waals surface area contributed by atoms with Gasteiger partial charge in [0, 0.05) is 25.7 Å². The Kier molecular flexibility index (Phi) is 46.0. The van der Waals surface area contributed by atoms with E-state index < -0.39 is 97.5 Å². The summed E-state index contributed by atoms with van der Waals surface area (Å²) in [6.45, 7) is 9.16. The number of unbranched alkanes of at least 4 members (excludes halogenated alkanes) is 23. The highest BCUT2D eigenvalue weighted by Crippen LogP contribution is 2.45. The average Bonchev–Trinajstić information content (AvgIpc) is 3.34. The molecule has 17 nitrogen and oxygen atoms in total. The topological polar surface area (TPSA) is 237 Å². The molecule has 5 atom stereocenters. The van der Waals surface area contributed by atoms with E-state index in [-0.39, 0.29) is 25.7 Å². The molecule has 73 heavy (non-hydrogen) atoms. The van der Waals surface area contributed by atoms with Crippen LogP contribution in [0.15, 0.2) is 0 Å². The fourth-order valence-corrected chi connectivity index (χ4v) is 9.34. The summed E-state index contributed by atoms with van der Waals surface area (Å²) in [6, 6.07) is 0. The highest BCUT2D eigenvalue weighted by Gasteiger charge is 2.30. The standard InChI is InChI=1S/C54H104O17P2/c1-7-9-11-13-15-17-26-32-38-53(58)70-49(42-64-51(56)36-30-24-16-14-12-10-8-2)44-68-72(60,61)66-40-48(55)41-67-73(62,63)69-45-50(71-54(59)39-33-27-21-19-23-29-35-47(5)6)43-65-52(57)37-31-25-20-18-22-28-34-46(3)4/h46-50,55H,7-45H2,1-6H3,(H,60,61)(H,62,63)/t48-,49+,50+/m0/s1. The van der Waals surface area contributed by atoms with Gasteiger partial charge in [-0.2, -0.15) is 0 Å². The summed E-state index contributed by atoms with van der Waals surface area (Å²) in [6.07, 6.45) is 25.8. The number of phosphoric acid groups is 2. The maximum absolute atomic E-state index is 12.9. The number of esters is 4. The third kappa shape index (κ3) is 49.4. The van der Waals surface area contributed by atoms with Crippen molar-refractivity contribution in [2.45, 2.75) is 272 Å². The number of carbonyl (C=O) groups is 4. The van der Waals surface area contributed by atoms with Crippen LogP contribution in [0.3, 0.4) is 0 Å². The molecule has 0 radical (unpaired) electrons. The lowest BCUT2D eigenvalue weighted by atomic mass is 10.0. The van der Waals surface area contributed by atoms with Gasteiger partial charge in [0.15, 0.2) is 12.2 Å². The van der Waals surface area contributed by atoms with Crippen LogP contribution in [0.2, 0.25) is 0 Å². The summed E-state index contributed by atoms with van der Waals surface area (Å²) in [5.74, 6) is -0.813. The lowest BCUT2D eigenvalue weighted by Gasteiger charge is -2.21. The van der Waals surface area contributed by atoms with Crippen LogP contribution in [0, 0.1) is 11.8 Å². The molecule has 0 rings (SSSR count). The fourth-order valence-electron chi connectivity index (χ4n) is 7.76. The minimum Gasteiger partial charge on any atom is -0.462 e. The SMILES string of the molecule is CCCCCCCCCCC(=O)O[C@H](COC(=O)CCCCCCCCC)COP(=O)(O)OC[C@H](O)COP(=O)(O)OC[C@@H](COC(=O)CCCCCCCCC(C)C)OC(=O)CCCCCCCCC(C)C. The quantitative estimate of drug-likeness (QED) is 0.0222. The van der Waals surface area contributed by atoms with Crippen LogP contribution in [0.5, 0.6) is 0 Å². The maximum Gasteiger partial charge on any atom is 0.472 e. The molecule has 0 aromatic heterocycles. The molecule has 19 heteroatoms. The van der Waals surface area contributed by atoms with E-state index in [1.807, 2.05) is 0 Å². The molecule has 0 heterocycles. The normalized spacial score (nSPS) is 14.6. The number of aliphatic hydroxyl groups excluding tert-OH is 1. The van der Waals surface area contributed by atoms with Gasteiger partial charge >= 0.3 is 39.5 Å². The molecule has 0 fully saturated rings. The number of phosphoric ester groups is 2. The Hall–Kier alpha value is -1.94. The van der Waals surface area contributed by atoms with Crippen LogP contribution >= 0.6 is 15.6 Å². The molecule has 0 aliphatic heterocycles. The van der Waals surface area contributed by atoms with Gasteiger partial charge in [-0.05, 0) is 37.5 Å². The lowest BCUT2D eigenvalue weighted by Crippen LogP contribution is -2.30. The summed E-state index contributed by atoms with van der Waals surface area (Å²) in [7, 11) is -9.86. The first kappa shape index (κ1) is 71.1. The van der Waals surface area contributed by atoms with Gasteiger partial charge in [0.25, 0.3) is 0 Å². The van der Waals surface area contributed by atoms with E-state index in [9.17, 15) is 43.2 Å². The van der Waals surface area contributed by atoms with Crippen molar-refractivity contribution in [2.24, 2.45) is 11.8 Å². The summed E-state index contributed by atoms with van der Waals surface area (Å²) in [5, 5.41) is 10.4. The molecule has 0 bridgehead atoms. The van der Waals surface area contributed by atoms with E-state index in [0.717, 1.165) is 116 Å². The van der Waals surface area contributed by atoms with Gasteiger partial charge in [-0.15, -0.1) is 0 Å². The predicted octanol–water partition coefficient (Wildman–Crippen LogP) is 13.7. The van der Waals surface area contributed by atoms with Crippen molar-refractivity contribution in [2.75, 3.05) is 39.6 Å². The van der Waals surface area contributed by atoms with Crippen molar-refractivity contribution >= 4 is 39.5 Å². The Morgan fingerprint density at radius 2 is 0.630 bits per heavy atom. The first-order chi connectivity index (χ1) is 34.9. The molecule has 432 valence electrons. The minimum absolute atomic E-state index is 0.101. The van der Waals surface area contributed by atoms with Gasteiger partial charge in [-0.3, -0.25) is 37.3 Å². The van der Waals surface area contributed by atoms with Crippen LogP contribution in [-0.2, 0) is 65.4 Å². The molecule has 0 amide bonds. The Balaban J connectivity index is 5.21. The second-order valence-electron chi connectivity index (χ2n) is 20.6. The zero-order chi connectivity index (χ0) is 54.4. The van der Waals surface area contributed by atoms with Gasteiger partial charge in [-0.1, -0.05) is 202 Å². The van der Waals surface area contributed by atoms with E-state index in [4.69, 9.17) is 37.0 Å². The van der Waals surface area contributed by atoms with E-state index in [1.165, 1.54) is 44.9 Å². The van der Waals surface area contributed by atoms with Gasteiger partial charge in [0.05, 0.1) is 26.4 Å². The number of hydrogen-bond donors (Lipinski definition) is 3. The molecule has 0 aromatic rings. The van der Waals surface area contributed by atoms with Gasteiger partial charge in [0.1, 0.15) is 19.3 Å². The Morgan fingerprint density at radius 1 is 0.370 bits per heavy atom. The lowest BCUT2D eigenvalue weighted by molar-refractivity contribution is -0.161. The number of ether oxygens (including phenoxy) is 4. The fraction of sp³-hybridized carbons (Fsp3) is 0.926. The Morgan fingerprint density at radius 3 is 0.932 bits per heavy atom. The molecular weight excluding hydrogens is 983 g/mol. The van der Waals surface area contributed by atoms with Gasteiger partial charge in [0.2, 0.25) is 0 Å². The maximum atomic E-state index is 12.9. The van der Waals surface area contributed by atoms with Crippen LogP contribution in [-0.4, -0.2) is 96.7 Å². The predicted molar refractivity (Wildman–Crippen MR) is 285 cm³/mol. The van der Waals surface area contributed by atoms with Crippen molar-refractivity contribution in [3.8, 4) is 0 Å². The zero-order valence-corrected chi connectivity index (χ0v) is 48.2. The van der Waals surface area contributed by atoms with Crippen LogP contribution in [0.4, 0.5) is 0 Å². The number of carbonyl (C=O) groups excluding carboxylic acids is 4. The third-order valence-electron chi connectivity index (χ3n) is 12.2. The summed E-state index contributed by atoms with van der Waals surface area (Å²) < 4.78 is 67.3. The first-order valence-electron chi connectivity index (χ1n) is 28.5. The minimum atomic E-state index is -4.93. The zero-order valence-electron chi connectivity index (χ0n) is 46.4. The second-order valence-corrected chi connectivity index (χ2v) is 23.5. The van der Waals surface area contributed by atoms with Crippen molar-refractivity contribution in [3.63, 3.8) is 0 Å². The largest absolute Gasteiger partial charge is 0.472 e. The van der Waals surface area contributed by atoms with Crippen molar-refractivity contribution < 1.29 is 80.2 Å². The molecule has 0 saturated heterocycles.